The van der Waals surface area contributed by atoms with Crippen LogP contribution in [0.5, 0.6) is 11.5 Å². The van der Waals surface area contributed by atoms with Crippen molar-refractivity contribution in [1.82, 2.24) is 0 Å². The minimum Gasteiger partial charge on any atom is -0.452 e. The number of ether oxygens (including phenoxy) is 1. The van der Waals surface area contributed by atoms with Gasteiger partial charge in [0, 0.05) is 6.07 Å². The fourth-order valence-electron chi connectivity index (χ4n) is 1.44. The van der Waals surface area contributed by atoms with Crippen LogP contribution >= 0.6 is 0 Å². The van der Waals surface area contributed by atoms with Gasteiger partial charge in [0.1, 0.15) is 11.6 Å². The van der Waals surface area contributed by atoms with E-state index in [9.17, 15) is 13.2 Å². The third-order valence-corrected chi connectivity index (χ3v) is 2.44. The van der Waals surface area contributed by atoms with E-state index in [2.05, 4.69) is 0 Å². The molecule has 2 aromatic rings. The maximum Gasteiger partial charge on any atom is 0.203 e. The van der Waals surface area contributed by atoms with Crippen molar-refractivity contribution in [3.8, 4) is 11.5 Å². The van der Waals surface area contributed by atoms with Gasteiger partial charge in [-0.1, -0.05) is 6.07 Å². The average Bonchev–Trinajstić information content (AvgIpc) is 2.34. The van der Waals surface area contributed by atoms with Crippen LogP contribution < -0.4 is 10.5 Å². The summed E-state index contributed by atoms with van der Waals surface area (Å²) in [4.78, 5) is 0. The molecule has 94 valence electrons. The van der Waals surface area contributed by atoms with Gasteiger partial charge in [-0.2, -0.15) is 4.39 Å². The van der Waals surface area contributed by atoms with Crippen molar-refractivity contribution < 1.29 is 17.9 Å². The number of nitrogens with two attached hydrogens (primary N) is 1. The summed E-state index contributed by atoms with van der Waals surface area (Å²) in [6.45, 7) is 1.65. The molecule has 0 fully saturated rings. The first kappa shape index (κ1) is 12.3. The number of anilines is 1. The van der Waals surface area contributed by atoms with Crippen LogP contribution in [0.4, 0.5) is 18.9 Å². The number of hydrogen-bond acceptors (Lipinski definition) is 2. The summed E-state index contributed by atoms with van der Waals surface area (Å²) in [6.07, 6.45) is 0. The molecule has 0 bridgehead atoms. The monoisotopic (exact) mass is 253 g/mol. The van der Waals surface area contributed by atoms with E-state index in [1.807, 2.05) is 0 Å². The molecule has 0 saturated carbocycles. The Morgan fingerprint density at radius 2 is 1.78 bits per heavy atom. The lowest BCUT2D eigenvalue weighted by Crippen LogP contribution is -1.99. The van der Waals surface area contributed by atoms with Gasteiger partial charge in [0.05, 0.1) is 5.69 Å². The summed E-state index contributed by atoms with van der Waals surface area (Å²) in [5.41, 5.74) is 6.03. The Balaban J connectivity index is 2.46. The van der Waals surface area contributed by atoms with E-state index in [1.54, 1.807) is 6.92 Å². The first-order valence-electron chi connectivity index (χ1n) is 5.16. The smallest absolute Gasteiger partial charge is 0.203 e. The van der Waals surface area contributed by atoms with Gasteiger partial charge in [-0.3, -0.25) is 0 Å². The van der Waals surface area contributed by atoms with Gasteiger partial charge < -0.3 is 10.5 Å². The molecule has 0 aliphatic rings. The number of halogens is 3. The number of rotatable bonds is 2. The zero-order valence-electron chi connectivity index (χ0n) is 9.51. The highest BCUT2D eigenvalue weighted by atomic mass is 19.2. The number of hydrogen-bond donors (Lipinski definition) is 1. The highest BCUT2D eigenvalue weighted by Crippen LogP contribution is 2.33. The van der Waals surface area contributed by atoms with Crippen molar-refractivity contribution in [3.63, 3.8) is 0 Å². The highest BCUT2D eigenvalue weighted by Gasteiger charge is 2.15. The Kier molecular flexibility index (Phi) is 3.14. The molecule has 2 rings (SSSR count). The Hall–Kier alpha value is -2.17. The predicted octanol–water partition coefficient (Wildman–Crippen LogP) is 3.79. The van der Waals surface area contributed by atoms with Crippen LogP contribution in [0.3, 0.4) is 0 Å². The lowest BCUT2D eigenvalue weighted by molar-refractivity contribution is 0.414. The molecule has 5 heteroatoms. The maximum absolute atomic E-state index is 13.5. The van der Waals surface area contributed by atoms with Crippen molar-refractivity contribution in [2.24, 2.45) is 0 Å². The van der Waals surface area contributed by atoms with Crippen molar-refractivity contribution >= 4 is 5.69 Å². The van der Waals surface area contributed by atoms with Gasteiger partial charge in [-0.05, 0) is 30.7 Å². The molecule has 0 aliphatic heterocycles. The highest BCUT2D eigenvalue weighted by molar-refractivity contribution is 5.55. The number of aryl methyl sites for hydroxylation is 1. The van der Waals surface area contributed by atoms with E-state index in [0.717, 1.165) is 12.1 Å². The van der Waals surface area contributed by atoms with E-state index in [-0.39, 0.29) is 11.4 Å². The zero-order valence-corrected chi connectivity index (χ0v) is 9.51. The summed E-state index contributed by atoms with van der Waals surface area (Å²) >= 11 is 0. The fourth-order valence-corrected chi connectivity index (χ4v) is 1.44. The molecule has 0 radical (unpaired) electrons. The zero-order chi connectivity index (χ0) is 13.3. The molecule has 0 aromatic heterocycles. The normalized spacial score (nSPS) is 10.4. The molecular formula is C13H10F3NO. The topological polar surface area (TPSA) is 35.2 Å². The molecule has 0 amide bonds. The molecule has 0 unspecified atom stereocenters. The summed E-state index contributed by atoms with van der Waals surface area (Å²) in [5.74, 6) is -3.16. The minimum absolute atomic E-state index is 0.0578. The molecule has 0 aliphatic carbocycles. The van der Waals surface area contributed by atoms with E-state index in [0.29, 0.717) is 5.56 Å². The minimum atomic E-state index is -1.20. The van der Waals surface area contributed by atoms with Crippen LogP contribution in [0, 0.1) is 24.4 Å². The molecule has 0 atom stereocenters. The molecule has 18 heavy (non-hydrogen) atoms. The third-order valence-electron chi connectivity index (χ3n) is 2.44. The van der Waals surface area contributed by atoms with Crippen LogP contribution in [-0.4, -0.2) is 0 Å². The SMILES string of the molecule is Cc1ccc(F)cc1Oc1c(N)ccc(F)c1F. The first-order valence-corrected chi connectivity index (χ1v) is 5.16. The molecule has 2 aromatic carbocycles. The lowest BCUT2D eigenvalue weighted by atomic mass is 10.2. The van der Waals surface area contributed by atoms with Crippen molar-refractivity contribution in [3.05, 3.63) is 53.3 Å². The van der Waals surface area contributed by atoms with E-state index in [1.165, 1.54) is 18.2 Å². The molecular weight excluding hydrogens is 243 g/mol. The Morgan fingerprint density at radius 1 is 1.06 bits per heavy atom. The van der Waals surface area contributed by atoms with Crippen LogP contribution in [0.2, 0.25) is 0 Å². The van der Waals surface area contributed by atoms with E-state index < -0.39 is 23.2 Å². The standard InChI is InChI=1S/C13H10F3NO/c1-7-2-3-8(14)6-11(7)18-13-10(17)5-4-9(15)12(13)16/h2-6H,17H2,1H3. The van der Waals surface area contributed by atoms with Crippen LogP contribution in [0.25, 0.3) is 0 Å². The van der Waals surface area contributed by atoms with Crippen molar-refractivity contribution in [2.45, 2.75) is 6.92 Å². The Labute approximate surface area is 102 Å². The number of nitrogen functional groups attached to an aromatic ring is 1. The number of benzene rings is 2. The lowest BCUT2D eigenvalue weighted by Gasteiger charge is -2.11. The van der Waals surface area contributed by atoms with Gasteiger partial charge in [-0.15, -0.1) is 0 Å². The Morgan fingerprint density at radius 3 is 2.50 bits per heavy atom. The van der Waals surface area contributed by atoms with Gasteiger partial charge >= 0.3 is 0 Å². The van der Waals surface area contributed by atoms with Gasteiger partial charge in [0.25, 0.3) is 0 Å². The third kappa shape index (κ3) is 2.25. The van der Waals surface area contributed by atoms with Crippen LogP contribution in [-0.2, 0) is 0 Å². The Bertz CT molecular complexity index is 599. The summed E-state index contributed by atoms with van der Waals surface area (Å²) in [5, 5.41) is 0. The fraction of sp³-hybridized carbons (Fsp3) is 0.0769. The van der Waals surface area contributed by atoms with Gasteiger partial charge in [-0.25, -0.2) is 8.78 Å². The van der Waals surface area contributed by atoms with Crippen molar-refractivity contribution in [2.75, 3.05) is 5.73 Å². The maximum atomic E-state index is 13.5. The van der Waals surface area contributed by atoms with Crippen LogP contribution in [0.15, 0.2) is 30.3 Å². The van der Waals surface area contributed by atoms with Gasteiger partial charge in [0.2, 0.25) is 5.82 Å². The van der Waals surface area contributed by atoms with Crippen LogP contribution in [0.1, 0.15) is 5.56 Å². The molecule has 0 spiro atoms. The average molecular weight is 253 g/mol. The van der Waals surface area contributed by atoms with Crippen molar-refractivity contribution in [1.29, 1.82) is 0 Å². The summed E-state index contributed by atoms with van der Waals surface area (Å²) < 4.78 is 44.8. The summed E-state index contributed by atoms with van der Waals surface area (Å²) in [7, 11) is 0. The second-order valence-electron chi connectivity index (χ2n) is 3.79. The first-order chi connectivity index (χ1) is 8.49. The quantitative estimate of drug-likeness (QED) is 0.826. The predicted molar refractivity (Wildman–Crippen MR) is 62.0 cm³/mol. The van der Waals surface area contributed by atoms with Gasteiger partial charge in [0.15, 0.2) is 11.6 Å². The second kappa shape index (κ2) is 4.60. The van der Waals surface area contributed by atoms with E-state index in [4.69, 9.17) is 10.5 Å². The molecule has 2 nitrogen and oxygen atoms in total. The molecule has 0 saturated heterocycles. The van der Waals surface area contributed by atoms with E-state index >= 15 is 0 Å². The largest absolute Gasteiger partial charge is 0.452 e. The summed E-state index contributed by atoms with van der Waals surface area (Å²) in [6, 6.07) is 5.88. The molecule has 2 N–H and O–H groups in total. The second-order valence-corrected chi connectivity index (χ2v) is 3.79. The molecule has 0 heterocycles.